The Morgan fingerprint density at radius 1 is 0.889 bits per heavy atom. The van der Waals surface area contributed by atoms with E-state index in [0.717, 1.165) is 11.6 Å². The number of hydrogen-bond donors (Lipinski definition) is 0. The molecule has 0 rings (SSSR count). The lowest BCUT2D eigenvalue weighted by Crippen LogP contribution is -2.03. The highest BCUT2D eigenvalue weighted by Gasteiger charge is 1.99. The van der Waals surface area contributed by atoms with Gasteiger partial charge in [-0.05, 0) is 0 Å². The summed E-state index contributed by atoms with van der Waals surface area (Å²) in [7, 11) is 2.80. The lowest BCUT2D eigenvalue weighted by atomic mass is 9.46. The molecule has 0 aromatic heterocycles. The van der Waals surface area contributed by atoms with E-state index in [9.17, 15) is 0 Å². The fourth-order valence-corrected chi connectivity index (χ4v) is 0.934. The molecule has 0 spiro atoms. The van der Waals surface area contributed by atoms with Gasteiger partial charge in [-0.2, -0.15) is 0 Å². The van der Waals surface area contributed by atoms with Crippen LogP contribution >= 0.6 is 0 Å². The fourth-order valence-electron chi connectivity index (χ4n) is 0.934. The Morgan fingerprint density at radius 2 is 1.22 bits per heavy atom. The van der Waals surface area contributed by atoms with Gasteiger partial charge in [-0.3, -0.25) is 0 Å². The van der Waals surface area contributed by atoms with E-state index in [1.807, 2.05) is 0 Å². The van der Waals surface area contributed by atoms with Crippen molar-refractivity contribution in [3.8, 4) is 0 Å². The van der Waals surface area contributed by atoms with Crippen molar-refractivity contribution in [2.75, 3.05) is 0 Å². The van der Waals surface area contributed by atoms with Crippen molar-refractivity contribution in [2.45, 2.75) is 45.5 Å². The van der Waals surface area contributed by atoms with Gasteiger partial charge in [0.05, 0.1) is 0 Å². The Balaban J connectivity index is 2.91. The minimum atomic E-state index is 0.892. The van der Waals surface area contributed by atoms with Crippen LogP contribution < -0.4 is 0 Å². The first-order chi connectivity index (χ1) is 4.13. The molecule has 0 unspecified atom stereocenters. The Labute approximate surface area is 60.9 Å². The predicted molar refractivity (Wildman–Crippen MR) is 49.3 cm³/mol. The Morgan fingerprint density at radius 3 is 1.44 bits per heavy atom. The van der Waals surface area contributed by atoms with Gasteiger partial charge in [0.1, 0.15) is 14.6 Å². The molecular weight excluding hydrogens is 106 g/mol. The number of rotatable bonds is 4. The molecule has 0 heterocycles. The van der Waals surface area contributed by atoms with Crippen LogP contribution in [-0.4, -0.2) is 14.6 Å². The molecule has 0 saturated heterocycles. The second kappa shape index (κ2) is 4.96. The zero-order valence-electron chi connectivity index (χ0n) is 7.28. The zero-order chi connectivity index (χ0) is 7.28. The van der Waals surface area contributed by atoms with Gasteiger partial charge in [-0.25, -0.2) is 0 Å². The van der Waals surface area contributed by atoms with Gasteiger partial charge in [0.15, 0.2) is 0 Å². The molecule has 0 radical (unpaired) electrons. The van der Waals surface area contributed by atoms with Gasteiger partial charge >= 0.3 is 0 Å². The molecule has 0 aliphatic rings. The van der Waals surface area contributed by atoms with Crippen LogP contribution in [0.1, 0.15) is 27.7 Å². The summed E-state index contributed by atoms with van der Waals surface area (Å²) in [6.45, 7) is 9.17. The molecule has 0 bridgehead atoms. The van der Waals surface area contributed by atoms with E-state index in [2.05, 4.69) is 27.7 Å². The third kappa shape index (κ3) is 8.13. The summed E-state index contributed by atoms with van der Waals surface area (Å²) < 4.78 is 0. The van der Waals surface area contributed by atoms with Crippen LogP contribution in [-0.2, 0) is 0 Å². The Kier molecular flexibility index (Phi) is 5.03. The summed E-state index contributed by atoms with van der Waals surface area (Å²) in [5, 5.41) is 0. The minimum Gasteiger partial charge on any atom is -0.101 e. The fraction of sp³-hybridized carbons (Fsp3) is 1.00. The summed E-state index contributed by atoms with van der Waals surface area (Å²) in [4.78, 5) is 0. The average Bonchev–Trinajstić information content (AvgIpc) is 1.63. The van der Waals surface area contributed by atoms with Gasteiger partial charge in [-0.1, -0.05) is 39.3 Å². The predicted octanol–water partition coefficient (Wildman–Crippen LogP) is 1.89. The van der Waals surface area contributed by atoms with Crippen LogP contribution in [0.5, 0.6) is 0 Å². The van der Waals surface area contributed by atoms with Crippen LogP contribution in [0.3, 0.4) is 0 Å². The molecule has 2 heteroatoms. The van der Waals surface area contributed by atoms with Gasteiger partial charge in [0.2, 0.25) is 0 Å². The highest BCUT2D eigenvalue weighted by Crippen LogP contribution is 2.04. The molecular formula is C7H18B2. The zero-order valence-corrected chi connectivity index (χ0v) is 7.28. The quantitative estimate of drug-likeness (QED) is 0.502. The second-order valence-electron chi connectivity index (χ2n) is 3.72. The molecule has 52 valence electrons. The molecule has 0 aromatic carbocycles. The maximum Gasteiger partial charge on any atom is 0.115 e. The molecule has 0 fully saturated rings. The highest BCUT2D eigenvalue weighted by molar-refractivity contribution is 6.57. The van der Waals surface area contributed by atoms with E-state index in [4.69, 9.17) is 0 Å². The Hall–Kier alpha value is 0.130. The van der Waals surface area contributed by atoms with E-state index in [0.29, 0.717) is 0 Å². The Bertz CT molecular complexity index is 51.9. The first kappa shape index (κ1) is 9.13. The van der Waals surface area contributed by atoms with E-state index in [1.165, 1.54) is 20.8 Å². The van der Waals surface area contributed by atoms with Crippen molar-refractivity contribution in [3.63, 3.8) is 0 Å². The van der Waals surface area contributed by atoms with Crippen LogP contribution in [0.25, 0.3) is 0 Å². The average molecular weight is 124 g/mol. The van der Waals surface area contributed by atoms with Crippen LogP contribution in [0.4, 0.5) is 0 Å². The molecule has 0 aliphatic heterocycles. The van der Waals surface area contributed by atoms with Gasteiger partial charge in [-0.15, -0.1) is 6.22 Å². The third-order valence-corrected chi connectivity index (χ3v) is 1.56. The lowest BCUT2D eigenvalue weighted by Gasteiger charge is -2.02. The van der Waals surface area contributed by atoms with Crippen LogP contribution in [0.15, 0.2) is 0 Å². The SMILES string of the molecule is CC(C)BCBC(C)C. The van der Waals surface area contributed by atoms with Gasteiger partial charge in [0.25, 0.3) is 0 Å². The maximum absolute atomic E-state index is 2.29. The van der Waals surface area contributed by atoms with Crippen molar-refractivity contribution in [1.82, 2.24) is 0 Å². The van der Waals surface area contributed by atoms with Crippen LogP contribution in [0, 0.1) is 0 Å². The number of hydrogen-bond acceptors (Lipinski definition) is 0. The molecule has 0 N–H and O–H groups in total. The second-order valence-corrected chi connectivity index (χ2v) is 3.72. The molecule has 0 atom stereocenters. The largest absolute Gasteiger partial charge is 0.115 e. The highest BCUT2D eigenvalue weighted by atomic mass is 13.7. The van der Waals surface area contributed by atoms with Gasteiger partial charge in [0, 0.05) is 0 Å². The van der Waals surface area contributed by atoms with Crippen molar-refractivity contribution in [1.29, 1.82) is 0 Å². The maximum atomic E-state index is 2.29. The van der Waals surface area contributed by atoms with E-state index >= 15 is 0 Å². The monoisotopic (exact) mass is 124 g/mol. The summed E-state index contributed by atoms with van der Waals surface area (Å²) >= 11 is 0. The van der Waals surface area contributed by atoms with Crippen molar-refractivity contribution in [3.05, 3.63) is 0 Å². The van der Waals surface area contributed by atoms with Crippen molar-refractivity contribution < 1.29 is 0 Å². The molecule has 0 saturated carbocycles. The molecule has 0 aliphatic carbocycles. The van der Waals surface area contributed by atoms with Gasteiger partial charge < -0.3 is 0 Å². The third-order valence-electron chi connectivity index (χ3n) is 1.56. The topological polar surface area (TPSA) is 0 Å². The lowest BCUT2D eigenvalue weighted by molar-refractivity contribution is 1.04. The molecule has 9 heavy (non-hydrogen) atoms. The van der Waals surface area contributed by atoms with E-state index < -0.39 is 0 Å². The smallest absolute Gasteiger partial charge is 0.101 e. The van der Waals surface area contributed by atoms with Crippen LogP contribution in [0.2, 0.25) is 17.9 Å². The molecule has 0 aromatic rings. The standard InChI is InChI=1S/C7H18B2/c1-6(2)8-5-9-7(3)4/h6-9H,5H2,1-4H3. The van der Waals surface area contributed by atoms with E-state index in [1.54, 1.807) is 0 Å². The summed E-state index contributed by atoms with van der Waals surface area (Å²) in [6.07, 6.45) is 1.41. The summed E-state index contributed by atoms with van der Waals surface area (Å²) in [5.74, 6) is 1.78. The normalized spacial score (nSPS) is 10.4. The molecule has 0 amide bonds. The summed E-state index contributed by atoms with van der Waals surface area (Å²) in [6, 6.07) is 0. The minimum absolute atomic E-state index is 0.892. The molecule has 0 nitrogen and oxygen atoms in total. The van der Waals surface area contributed by atoms with Crippen molar-refractivity contribution in [2.24, 2.45) is 0 Å². The van der Waals surface area contributed by atoms with E-state index in [-0.39, 0.29) is 0 Å². The summed E-state index contributed by atoms with van der Waals surface area (Å²) in [5.41, 5.74) is 0. The first-order valence-electron chi connectivity index (χ1n) is 4.13. The first-order valence-corrected chi connectivity index (χ1v) is 4.13. The van der Waals surface area contributed by atoms with Crippen molar-refractivity contribution >= 4 is 14.6 Å².